The van der Waals surface area contributed by atoms with E-state index in [2.05, 4.69) is 36.1 Å². The summed E-state index contributed by atoms with van der Waals surface area (Å²) < 4.78 is 15.9. The second kappa shape index (κ2) is 10.3. The van der Waals surface area contributed by atoms with Crippen LogP contribution < -0.4 is 10.1 Å². The topological polar surface area (TPSA) is 65.5 Å². The molecule has 1 rings (SSSR count). The van der Waals surface area contributed by atoms with Gasteiger partial charge in [-0.1, -0.05) is 20.8 Å². The Morgan fingerprint density at radius 2 is 1.90 bits per heavy atom. The molecular formula is C15H27N3O3. The number of hydrogen-bond acceptors (Lipinski definition) is 6. The summed E-state index contributed by atoms with van der Waals surface area (Å²) in [5, 5.41) is 3.27. The molecular weight excluding hydrogens is 270 g/mol. The highest BCUT2D eigenvalue weighted by Crippen LogP contribution is 2.18. The van der Waals surface area contributed by atoms with Gasteiger partial charge in [0, 0.05) is 25.6 Å². The Kier molecular flexibility index (Phi) is 8.69. The fourth-order valence-electron chi connectivity index (χ4n) is 1.57. The third kappa shape index (κ3) is 7.24. The van der Waals surface area contributed by atoms with Crippen LogP contribution in [-0.4, -0.2) is 50.1 Å². The Labute approximate surface area is 127 Å². The largest absolute Gasteiger partial charge is 0.475 e. The quantitative estimate of drug-likeness (QED) is 0.633. The molecule has 0 aromatic carbocycles. The number of methoxy groups -OCH3 is 1. The second-order valence-electron chi connectivity index (χ2n) is 4.98. The van der Waals surface area contributed by atoms with Gasteiger partial charge in [-0.25, -0.2) is 4.98 Å². The van der Waals surface area contributed by atoms with E-state index in [0.717, 1.165) is 24.6 Å². The molecule has 0 saturated heterocycles. The van der Waals surface area contributed by atoms with Crippen molar-refractivity contribution in [2.75, 3.05) is 45.4 Å². The zero-order chi connectivity index (χ0) is 15.5. The maximum absolute atomic E-state index is 5.64. The molecule has 1 aromatic heterocycles. The highest BCUT2D eigenvalue weighted by atomic mass is 16.5. The molecule has 0 radical (unpaired) electrons. The normalized spacial score (nSPS) is 10.9. The van der Waals surface area contributed by atoms with Crippen LogP contribution in [0.1, 0.15) is 38.9 Å². The van der Waals surface area contributed by atoms with Gasteiger partial charge < -0.3 is 19.5 Å². The van der Waals surface area contributed by atoms with Crippen molar-refractivity contribution in [3.05, 3.63) is 11.9 Å². The maximum atomic E-state index is 5.64. The molecule has 0 aliphatic rings. The monoisotopic (exact) mass is 297 g/mol. The number of anilines is 1. The number of hydrogen-bond donors (Lipinski definition) is 1. The molecule has 1 aromatic rings. The van der Waals surface area contributed by atoms with Gasteiger partial charge in [-0.15, -0.1) is 0 Å². The zero-order valence-corrected chi connectivity index (χ0v) is 13.5. The van der Waals surface area contributed by atoms with Crippen molar-refractivity contribution < 1.29 is 14.2 Å². The van der Waals surface area contributed by atoms with Crippen LogP contribution in [0.25, 0.3) is 0 Å². The lowest BCUT2D eigenvalue weighted by molar-refractivity contribution is 0.0536. The van der Waals surface area contributed by atoms with Crippen molar-refractivity contribution >= 4 is 5.82 Å². The summed E-state index contributed by atoms with van der Waals surface area (Å²) in [7, 11) is 1.65. The van der Waals surface area contributed by atoms with Crippen LogP contribution >= 0.6 is 0 Å². The predicted molar refractivity (Wildman–Crippen MR) is 83.1 cm³/mol. The van der Waals surface area contributed by atoms with E-state index in [4.69, 9.17) is 14.2 Å². The van der Waals surface area contributed by atoms with Gasteiger partial charge >= 0.3 is 0 Å². The van der Waals surface area contributed by atoms with E-state index in [1.54, 1.807) is 7.11 Å². The van der Waals surface area contributed by atoms with E-state index >= 15 is 0 Å². The fraction of sp³-hybridized carbons (Fsp3) is 0.733. The van der Waals surface area contributed by atoms with Gasteiger partial charge in [-0.05, 0) is 6.42 Å². The first kappa shape index (κ1) is 17.7. The summed E-state index contributed by atoms with van der Waals surface area (Å²) in [6, 6.07) is 1.83. The van der Waals surface area contributed by atoms with Crippen molar-refractivity contribution in [1.82, 2.24) is 9.97 Å². The molecule has 0 amide bonds. The Morgan fingerprint density at radius 1 is 1.14 bits per heavy atom. The SMILES string of the molecule is CCCNc1cc(OCCOCCOC)nc(C(C)C)n1. The van der Waals surface area contributed by atoms with Crippen LogP contribution in [-0.2, 0) is 9.47 Å². The maximum Gasteiger partial charge on any atom is 0.218 e. The van der Waals surface area contributed by atoms with E-state index in [1.807, 2.05) is 6.07 Å². The van der Waals surface area contributed by atoms with Crippen LogP contribution in [0.5, 0.6) is 5.88 Å². The number of rotatable bonds is 11. The Balaban J connectivity index is 2.52. The van der Waals surface area contributed by atoms with Crippen LogP contribution in [0.4, 0.5) is 5.82 Å². The summed E-state index contributed by atoms with van der Waals surface area (Å²) in [6.45, 7) is 9.28. The number of nitrogens with one attached hydrogen (secondary N) is 1. The molecule has 0 atom stereocenters. The molecule has 6 nitrogen and oxygen atoms in total. The molecule has 0 bridgehead atoms. The first-order chi connectivity index (χ1) is 10.2. The van der Waals surface area contributed by atoms with E-state index in [9.17, 15) is 0 Å². The average Bonchev–Trinajstić information content (AvgIpc) is 2.48. The van der Waals surface area contributed by atoms with Gasteiger partial charge in [-0.2, -0.15) is 4.98 Å². The van der Waals surface area contributed by atoms with E-state index in [0.29, 0.717) is 32.3 Å². The van der Waals surface area contributed by atoms with Gasteiger partial charge in [0.1, 0.15) is 18.2 Å². The lowest BCUT2D eigenvalue weighted by Crippen LogP contribution is -2.12. The molecule has 0 spiro atoms. The van der Waals surface area contributed by atoms with Crippen molar-refractivity contribution in [3.8, 4) is 5.88 Å². The van der Waals surface area contributed by atoms with Crippen LogP contribution in [0, 0.1) is 0 Å². The highest BCUT2D eigenvalue weighted by molar-refractivity contribution is 5.38. The lowest BCUT2D eigenvalue weighted by Gasteiger charge is -2.12. The molecule has 0 unspecified atom stereocenters. The summed E-state index contributed by atoms with van der Waals surface area (Å²) in [6.07, 6.45) is 1.05. The van der Waals surface area contributed by atoms with Crippen molar-refractivity contribution in [1.29, 1.82) is 0 Å². The van der Waals surface area contributed by atoms with Crippen LogP contribution in [0.15, 0.2) is 6.07 Å². The summed E-state index contributed by atoms with van der Waals surface area (Å²) in [4.78, 5) is 8.91. The minimum atomic E-state index is 0.258. The highest BCUT2D eigenvalue weighted by Gasteiger charge is 2.08. The van der Waals surface area contributed by atoms with Crippen molar-refractivity contribution in [2.45, 2.75) is 33.1 Å². The molecule has 1 N–H and O–H groups in total. The summed E-state index contributed by atoms with van der Waals surface area (Å²) in [5.74, 6) is 2.44. The Bertz CT molecular complexity index is 400. The van der Waals surface area contributed by atoms with Crippen molar-refractivity contribution in [2.24, 2.45) is 0 Å². The van der Waals surface area contributed by atoms with E-state index < -0.39 is 0 Å². The van der Waals surface area contributed by atoms with Gasteiger partial charge in [0.25, 0.3) is 0 Å². The fourth-order valence-corrected chi connectivity index (χ4v) is 1.57. The molecule has 120 valence electrons. The van der Waals surface area contributed by atoms with Crippen molar-refractivity contribution in [3.63, 3.8) is 0 Å². The molecule has 0 aliphatic heterocycles. The first-order valence-corrected chi connectivity index (χ1v) is 7.49. The third-order valence-corrected chi connectivity index (χ3v) is 2.70. The van der Waals surface area contributed by atoms with Gasteiger partial charge in [0.05, 0.1) is 19.8 Å². The van der Waals surface area contributed by atoms with Crippen LogP contribution in [0.2, 0.25) is 0 Å². The van der Waals surface area contributed by atoms with E-state index in [-0.39, 0.29) is 5.92 Å². The Hall–Kier alpha value is -1.40. The number of ether oxygens (including phenoxy) is 3. The average molecular weight is 297 g/mol. The molecule has 21 heavy (non-hydrogen) atoms. The predicted octanol–water partition coefficient (Wildman–Crippen LogP) is 2.46. The zero-order valence-electron chi connectivity index (χ0n) is 13.5. The van der Waals surface area contributed by atoms with Gasteiger partial charge in [0.2, 0.25) is 5.88 Å². The molecule has 1 heterocycles. The standard InChI is InChI=1S/C15H27N3O3/c1-5-6-16-13-11-14(18-15(17-13)12(2)3)21-10-9-20-8-7-19-4/h11-12H,5-10H2,1-4H3,(H,16,17,18). The molecule has 0 fully saturated rings. The van der Waals surface area contributed by atoms with Gasteiger partial charge in [-0.3, -0.25) is 0 Å². The first-order valence-electron chi connectivity index (χ1n) is 7.49. The van der Waals surface area contributed by atoms with Crippen LogP contribution in [0.3, 0.4) is 0 Å². The van der Waals surface area contributed by atoms with E-state index in [1.165, 1.54) is 0 Å². The Morgan fingerprint density at radius 3 is 2.57 bits per heavy atom. The third-order valence-electron chi connectivity index (χ3n) is 2.70. The van der Waals surface area contributed by atoms with Gasteiger partial charge in [0.15, 0.2) is 0 Å². The number of nitrogens with zero attached hydrogens (tertiary/aromatic N) is 2. The minimum absolute atomic E-state index is 0.258. The number of aromatic nitrogens is 2. The summed E-state index contributed by atoms with van der Waals surface area (Å²) in [5.41, 5.74) is 0. The molecule has 6 heteroatoms. The second-order valence-corrected chi connectivity index (χ2v) is 4.98. The molecule has 0 aliphatic carbocycles. The summed E-state index contributed by atoms with van der Waals surface area (Å²) >= 11 is 0. The smallest absolute Gasteiger partial charge is 0.218 e. The molecule has 0 saturated carbocycles. The lowest BCUT2D eigenvalue weighted by atomic mass is 10.2. The minimum Gasteiger partial charge on any atom is -0.475 e.